The molecule has 0 bridgehead atoms. The fraction of sp³-hybridized carbons (Fsp3) is 0.500. The topological polar surface area (TPSA) is 84.1 Å². The van der Waals surface area contributed by atoms with E-state index in [2.05, 4.69) is 41.5 Å². The van der Waals surface area contributed by atoms with Crippen LogP contribution in [0, 0.1) is 12.8 Å². The number of hydrogen-bond donors (Lipinski definition) is 1. The van der Waals surface area contributed by atoms with E-state index in [1.54, 1.807) is 4.52 Å². The molecule has 3 aromatic rings. The molecule has 0 spiro atoms. The van der Waals surface area contributed by atoms with Gasteiger partial charge in [0, 0.05) is 37.3 Å². The van der Waals surface area contributed by atoms with Gasteiger partial charge in [-0.05, 0) is 44.2 Å². The van der Waals surface area contributed by atoms with Gasteiger partial charge in [0.05, 0.1) is 5.69 Å². The average Bonchev–Trinajstić information content (AvgIpc) is 3.08. The monoisotopic (exact) mass is 350 g/mol. The second kappa shape index (κ2) is 6.19. The summed E-state index contributed by atoms with van der Waals surface area (Å²) in [5.74, 6) is 3.18. The lowest BCUT2D eigenvalue weighted by molar-refractivity contribution is 0.424. The minimum Gasteiger partial charge on any atom is -0.369 e. The largest absolute Gasteiger partial charge is 0.369 e. The first-order chi connectivity index (χ1) is 12.8. The lowest BCUT2D eigenvalue weighted by Gasteiger charge is -2.40. The number of nitrogens with one attached hydrogen (secondary N) is 1. The normalized spacial score (nSPS) is 17.2. The third-order valence-corrected chi connectivity index (χ3v) is 5.29. The number of aryl methyl sites for hydroxylation is 3. The Hall–Kier alpha value is -2.77. The molecule has 0 radical (unpaired) electrons. The predicted octanol–water partition coefficient (Wildman–Crippen LogP) is 1.65. The van der Waals surface area contributed by atoms with Crippen LogP contribution < -0.4 is 10.2 Å². The molecule has 0 saturated carbocycles. The molecule has 5 rings (SSSR count). The van der Waals surface area contributed by atoms with Gasteiger partial charge in [0.25, 0.3) is 5.78 Å². The molecule has 4 heterocycles. The third-order valence-electron chi connectivity index (χ3n) is 5.29. The van der Waals surface area contributed by atoms with Crippen LogP contribution in [-0.4, -0.2) is 49.4 Å². The van der Waals surface area contributed by atoms with E-state index in [0.717, 1.165) is 49.8 Å². The summed E-state index contributed by atoms with van der Waals surface area (Å²) in [6.45, 7) is 4.88. The molecule has 26 heavy (non-hydrogen) atoms. The summed E-state index contributed by atoms with van der Waals surface area (Å²) in [6, 6.07) is 4.25. The molecule has 0 amide bonds. The van der Waals surface area contributed by atoms with Gasteiger partial charge >= 0.3 is 0 Å². The van der Waals surface area contributed by atoms with Crippen molar-refractivity contribution in [3.63, 3.8) is 0 Å². The first-order valence-electron chi connectivity index (χ1n) is 9.28. The minimum absolute atomic E-state index is 0.583. The predicted molar refractivity (Wildman–Crippen MR) is 98.4 cm³/mol. The number of fused-ring (bicyclic) bond motifs is 2. The molecule has 1 aliphatic carbocycles. The van der Waals surface area contributed by atoms with Gasteiger partial charge in [-0.15, -0.1) is 5.10 Å². The molecule has 8 heteroatoms. The number of rotatable bonds is 4. The molecule has 2 aliphatic rings. The molecule has 0 atom stereocenters. The van der Waals surface area contributed by atoms with Crippen molar-refractivity contribution in [3.8, 4) is 0 Å². The van der Waals surface area contributed by atoms with Crippen molar-refractivity contribution in [3.05, 3.63) is 35.4 Å². The van der Waals surface area contributed by atoms with Crippen molar-refractivity contribution in [1.82, 2.24) is 29.8 Å². The summed E-state index contributed by atoms with van der Waals surface area (Å²) in [4.78, 5) is 10.9. The van der Waals surface area contributed by atoms with E-state index < -0.39 is 0 Å². The van der Waals surface area contributed by atoms with Crippen LogP contribution in [0.4, 0.5) is 11.6 Å². The smallest absolute Gasteiger partial charge is 0.254 e. The van der Waals surface area contributed by atoms with Gasteiger partial charge in [0.15, 0.2) is 5.82 Å². The number of anilines is 2. The van der Waals surface area contributed by atoms with Crippen LogP contribution in [0.3, 0.4) is 0 Å². The van der Waals surface area contributed by atoms with Gasteiger partial charge in [0.1, 0.15) is 12.1 Å². The maximum atomic E-state index is 4.45. The van der Waals surface area contributed by atoms with Crippen molar-refractivity contribution < 1.29 is 0 Å². The van der Waals surface area contributed by atoms with Crippen LogP contribution in [0.15, 0.2) is 18.5 Å². The second-order valence-electron chi connectivity index (χ2n) is 7.29. The highest BCUT2D eigenvalue weighted by Gasteiger charge is 2.28. The molecule has 0 unspecified atom stereocenters. The van der Waals surface area contributed by atoms with Crippen molar-refractivity contribution in [2.24, 2.45) is 5.92 Å². The molecular weight excluding hydrogens is 328 g/mol. The molecule has 8 nitrogen and oxygen atoms in total. The summed E-state index contributed by atoms with van der Waals surface area (Å²) in [5.41, 5.74) is 3.53. The van der Waals surface area contributed by atoms with E-state index in [1.807, 2.05) is 13.0 Å². The van der Waals surface area contributed by atoms with Gasteiger partial charge in [-0.2, -0.15) is 19.7 Å². The van der Waals surface area contributed by atoms with Crippen LogP contribution >= 0.6 is 0 Å². The maximum Gasteiger partial charge on any atom is 0.254 e. The van der Waals surface area contributed by atoms with Crippen molar-refractivity contribution in [2.75, 3.05) is 29.9 Å². The number of nitrogens with zero attached hydrogens (tertiary/aromatic N) is 7. The van der Waals surface area contributed by atoms with E-state index in [4.69, 9.17) is 0 Å². The number of aromatic nitrogens is 6. The fourth-order valence-corrected chi connectivity index (χ4v) is 3.82. The number of hydrogen-bond acceptors (Lipinski definition) is 7. The maximum absolute atomic E-state index is 4.45. The Morgan fingerprint density at radius 3 is 2.96 bits per heavy atom. The minimum atomic E-state index is 0.583. The lowest BCUT2D eigenvalue weighted by Crippen LogP contribution is -2.50. The van der Waals surface area contributed by atoms with E-state index in [9.17, 15) is 0 Å². The molecule has 134 valence electrons. The van der Waals surface area contributed by atoms with Crippen molar-refractivity contribution in [1.29, 1.82) is 0 Å². The average molecular weight is 350 g/mol. The first-order valence-corrected chi connectivity index (χ1v) is 9.28. The quantitative estimate of drug-likeness (QED) is 0.766. The Balaban J connectivity index is 1.21. The fourth-order valence-electron chi connectivity index (χ4n) is 3.82. The van der Waals surface area contributed by atoms with Gasteiger partial charge in [-0.25, -0.2) is 4.98 Å². The van der Waals surface area contributed by atoms with Crippen molar-refractivity contribution in [2.45, 2.75) is 32.6 Å². The van der Waals surface area contributed by atoms with Gasteiger partial charge in [-0.3, -0.25) is 0 Å². The van der Waals surface area contributed by atoms with Crippen molar-refractivity contribution >= 4 is 17.4 Å². The van der Waals surface area contributed by atoms with Crippen LogP contribution in [0.5, 0.6) is 0 Å². The first kappa shape index (κ1) is 15.5. The van der Waals surface area contributed by atoms with Crippen LogP contribution in [0.2, 0.25) is 0 Å². The molecule has 1 fully saturated rings. The Bertz CT molecular complexity index is 944. The molecule has 1 N–H and O–H groups in total. The Morgan fingerprint density at radius 2 is 2.04 bits per heavy atom. The van der Waals surface area contributed by atoms with Crippen LogP contribution in [0.1, 0.15) is 29.8 Å². The highest BCUT2D eigenvalue weighted by atomic mass is 15.4. The SMILES string of the molecule is Cc1cc(NCC2CN(c3cc4c(nn3)CCCC4)C2)n2ncnc2n1. The summed E-state index contributed by atoms with van der Waals surface area (Å²) in [6.07, 6.45) is 6.27. The van der Waals surface area contributed by atoms with E-state index in [1.165, 1.54) is 30.4 Å². The zero-order chi connectivity index (χ0) is 17.5. The van der Waals surface area contributed by atoms with Crippen LogP contribution in [-0.2, 0) is 12.8 Å². The van der Waals surface area contributed by atoms with Gasteiger partial charge in [0.2, 0.25) is 0 Å². The van der Waals surface area contributed by atoms with Crippen LogP contribution in [0.25, 0.3) is 5.78 Å². The second-order valence-corrected chi connectivity index (χ2v) is 7.29. The van der Waals surface area contributed by atoms with E-state index in [0.29, 0.717) is 11.7 Å². The molecule has 1 saturated heterocycles. The highest BCUT2D eigenvalue weighted by molar-refractivity contribution is 5.47. The third kappa shape index (κ3) is 2.75. The van der Waals surface area contributed by atoms with Gasteiger partial charge in [-0.1, -0.05) is 0 Å². The zero-order valence-electron chi connectivity index (χ0n) is 14.9. The summed E-state index contributed by atoms with van der Waals surface area (Å²) < 4.78 is 1.75. The summed E-state index contributed by atoms with van der Waals surface area (Å²) >= 11 is 0. The summed E-state index contributed by atoms with van der Waals surface area (Å²) in [5, 5.41) is 16.6. The Kier molecular flexibility index (Phi) is 3.69. The molecule has 3 aromatic heterocycles. The van der Waals surface area contributed by atoms with Gasteiger partial charge < -0.3 is 10.2 Å². The summed E-state index contributed by atoms with van der Waals surface area (Å²) in [7, 11) is 0. The van der Waals surface area contributed by atoms with E-state index >= 15 is 0 Å². The molecule has 1 aliphatic heterocycles. The Labute approximate surface area is 151 Å². The Morgan fingerprint density at radius 1 is 1.15 bits per heavy atom. The molecule has 0 aromatic carbocycles. The standard InChI is InChI=1S/C18H22N8/c1-12-6-16(26-18(22-12)20-11-21-26)19-8-13-9-25(10-13)17-7-14-4-2-3-5-15(14)23-24-17/h6-7,11,13,19H,2-5,8-10H2,1H3. The zero-order valence-corrected chi connectivity index (χ0v) is 14.9. The lowest BCUT2D eigenvalue weighted by atomic mass is 9.95. The van der Waals surface area contributed by atoms with E-state index in [-0.39, 0.29) is 0 Å². The highest BCUT2D eigenvalue weighted by Crippen LogP contribution is 2.27. The molecular formula is C18H22N8.